The molecule has 0 radical (unpaired) electrons. The Hall–Kier alpha value is -2.13. The van der Waals surface area contributed by atoms with Crippen molar-refractivity contribution in [2.45, 2.75) is 24.8 Å². The molecule has 162 valence electrons. The zero-order valence-corrected chi connectivity index (χ0v) is 18.6. The monoisotopic (exact) mass is 451 g/mol. The summed E-state index contributed by atoms with van der Waals surface area (Å²) in [7, 11) is -3.54. The molecule has 1 amide bonds. The predicted octanol–water partition coefficient (Wildman–Crippen LogP) is 3.07. The Balaban J connectivity index is 1.60. The summed E-state index contributed by atoms with van der Waals surface area (Å²) in [4.78, 5) is 14.8. The van der Waals surface area contributed by atoms with Crippen molar-refractivity contribution >= 4 is 33.2 Å². The number of nitrogens with one attached hydrogen (secondary N) is 1. The smallest absolute Gasteiger partial charge is 0.265 e. The first-order valence-electron chi connectivity index (χ1n) is 9.85. The van der Waals surface area contributed by atoms with Crippen molar-refractivity contribution in [3.05, 3.63) is 53.6 Å². The fourth-order valence-electron chi connectivity index (χ4n) is 3.19. The van der Waals surface area contributed by atoms with Gasteiger partial charge in [-0.3, -0.25) is 4.79 Å². The summed E-state index contributed by atoms with van der Waals surface area (Å²) in [6, 6.07) is 13.0. The molecule has 0 aliphatic carbocycles. The van der Waals surface area contributed by atoms with Crippen molar-refractivity contribution in [2.75, 3.05) is 38.0 Å². The van der Waals surface area contributed by atoms with Crippen LogP contribution in [0.2, 0.25) is 5.02 Å². The molecule has 1 fully saturated rings. The molecule has 1 saturated heterocycles. The highest BCUT2D eigenvalue weighted by Gasteiger charge is 2.28. The van der Waals surface area contributed by atoms with Gasteiger partial charge in [-0.15, -0.1) is 0 Å². The van der Waals surface area contributed by atoms with E-state index in [1.807, 2.05) is 0 Å². The third kappa shape index (κ3) is 5.51. The number of piperazine rings is 1. The van der Waals surface area contributed by atoms with Gasteiger partial charge in [-0.25, -0.2) is 8.42 Å². The number of benzene rings is 2. The van der Waals surface area contributed by atoms with Gasteiger partial charge in [-0.1, -0.05) is 24.6 Å². The van der Waals surface area contributed by atoms with Crippen LogP contribution in [0.4, 0.5) is 5.69 Å². The van der Waals surface area contributed by atoms with Crippen LogP contribution in [0.5, 0.6) is 5.75 Å². The lowest BCUT2D eigenvalue weighted by Gasteiger charge is -2.33. The summed E-state index contributed by atoms with van der Waals surface area (Å²) in [5.74, 6) is 0.149. The van der Waals surface area contributed by atoms with Crippen LogP contribution in [0.15, 0.2) is 53.4 Å². The van der Waals surface area contributed by atoms with Gasteiger partial charge in [0.05, 0.1) is 4.90 Å². The van der Waals surface area contributed by atoms with E-state index in [4.69, 9.17) is 16.3 Å². The summed E-state index contributed by atoms with van der Waals surface area (Å²) in [5.41, 5.74) is 0.497. The highest BCUT2D eigenvalue weighted by molar-refractivity contribution is 7.89. The second kappa shape index (κ2) is 9.78. The van der Waals surface area contributed by atoms with Crippen LogP contribution in [-0.2, 0) is 14.8 Å². The summed E-state index contributed by atoms with van der Waals surface area (Å²) in [6.07, 6.45) is -0.748. The minimum atomic E-state index is -3.54. The highest BCUT2D eigenvalue weighted by atomic mass is 35.5. The van der Waals surface area contributed by atoms with E-state index in [0.29, 0.717) is 29.5 Å². The molecule has 0 spiro atoms. The Morgan fingerprint density at radius 3 is 2.40 bits per heavy atom. The molecule has 0 aromatic heterocycles. The Kier molecular flexibility index (Phi) is 7.36. The Morgan fingerprint density at radius 1 is 1.13 bits per heavy atom. The number of nitrogens with zero attached hydrogens (tertiary/aromatic N) is 2. The molecule has 3 rings (SSSR count). The molecule has 0 unspecified atom stereocenters. The Labute approximate surface area is 182 Å². The number of rotatable bonds is 7. The zero-order valence-electron chi connectivity index (χ0n) is 17.0. The molecule has 2 aromatic rings. The molecule has 0 saturated carbocycles. The fraction of sp³-hybridized carbons (Fsp3) is 0.381. The van der Waals surface area contributed by atoms with Crippen LogP contribution in [0.3, 0.4) is 0 Å². The SMILES string of the molecule is CCN1CCN(S(=O)(=O)c2ccc(NC(=O)[C@@H](C)Oc3cccc(Cl)c3)cc2)CC1. The minimum Gasteiger partial charge on any atom is -0.481 e. The Bertz CT molecular complexity index is 974. The topological polar surface area (TPSA) is 79.0 Å². The molecule has 1 heterocycles. The van der Waals surface area contributed by atoms with E-state index in [-0.39, 0.29) is 10.8 Å². The summed E-state index contributed by atoms with van der Waals surface area (Å²) in [6.45, 7) is 7.04. The molecule has 1 N–H and O–H groups in total. The number of likely N-dealkylation sites (N-methyl/N-ethyl adjacent to an activating group) is 1. The summed E-state index contributed by atoms with van der Waals surface area (Å²) in [5, 5.41) is 3.26. The number of hydrogen-bond donors (Lipinski definition) is 1. The minimum absolute atomic E-state index is 0.216. The van der Waals surface area contributed by atoms with E-state index in [1.165, 1.54) is 16.4 Å². The maximum atomic E-state index is 12.8. The van der Waals surface area contributed by atoms with Crippen LogP contribution in [0, 0.1) is 0 Å². The van der Waals surface area contributed by atoms with Crippen molar-refractivity contribution in [1.29, 1.82) is 0 Å². The summed E-state index contributed by atoms with van der Waals surface area (Å²) < 4.78 is 32.8. The molecule has 0 bridgehead atoms. The second-order valence-electron chi connectivity index (χ2n) is 7.07. The molecular formula is C21H26ClN3O4S. The number of sulfonamides is 1. The maximum Gasteiger partial charge on any atom is 0.265 e. The number of hydrogen-bond acceptors (Lipinski definition) is 5. The van der Waals surface area contributed by atoms with Gasteiger partial charge in [0.25, 0.3) is 5.91 Å². The zero-order chi connectivity index (χ0) is 21.7. The largest absolute Gasteiger partial charge is 0.481 e. The van der Waals surface area contributed by atoms with Crippen molar-refractivity contribution in [1.82, 2.24) is 9.21 Å². The standard InChI is InChI=1S/C21H26ClN3O4S/c1-3-24-11-13-25(14-12-24)30(27,28)20-9-7-18(8-10-20)23-21(26)16(2)29-19-6-4-5-17(22)15-19/h4-10,15-16H,3,11-14H2,1-2H3,(H,23,26)/t16-/m1/s1. The number of halogens is 1. The number of carbonyl (C=O) groups excluding carboxylic acids is 1. The van der Waals surface area contributed by atoms with Gasteiger partial charge in [-0.2, -0.15) is 4.31 Å². The van der Waals surface area contributed by atoms with E-state index in [1.54, 1.807) is 43.3 Å². The number of carbonyl (C=O) groups is 1. The van der Waals surface area contributed by atoms with Gasteiger partial charge >= 0.3 is 0 Å². The van der Waals surface area contributed by atoms with Gasteiger partial charge in [0.1, 0.15) is 5.75 Å². The van der Waals surface area contributed by atoms with E-state index >= 15 is 0 Å². The highest BCUT2D eigenvalue weighted by Crippen LogP contribution is 2.21. The molecule has 30 heavy (non-hydrogen) atoms. The lowest BCUT2D eigenvalue weighted by Crippen LogP contribution is -2.48. The van der Waals surface area contributed by atoms with Gasteiger partial charge in [0.15, 0.2) is 6.10 Å². The lowest BCUT2D eigenvalue weighted by atomic mass is 10.3. The second-order valence-corrected chi connectivity index (χ2v) is 9.44. The molecule has 2 aromatic carbocycles. The van der Waals surface area contributed by atoms with Crippen molar-refractivity contribution in [3.63, 3.8) is 0 Å². The first-order chi connectivity index (χ1) is 14.3. The van der Waals surface area contributed by atoms with Crippen LogP contribution in [0.25, 0.3) is 0 Å². The number of amides is 1. The average molecular weight is 452 g/mol. The molecule has 1 aliphatic heterocycles. The maximum absolute atomic E-state index is 12.8. The fourth-order valence-corrected chi connectivity index (χ4v) is 4.79. The molecular weight excluding hydrogens is 426 g/mol. The van der Waals surface area contributed by atoms with Gasteiger partial charge < -0.3 is 15.0 Å². The van der Waals surface area contributed by atoms with Gasteiger partial charge in [0.2, 0.25) is 10.0 Å². The quantitative estimate of drug-likeness (QED) is 0.699. The summed E-state index contributed by atoms with van der Waals surface area (Å²) >= 11 is 5.92. The first-order valence-corrected chi connectivity index (χ1v) is 11.7. The third-order valence-corrected chi connectivity index (χ3v) is 7.16. The van der Waals surface area contributed by atoms with E-state index in [2.05, 4.69) is 17.1 Å². The average Bonchev–Trinajstić information content (AvgIpc) is 2.74. The number of ether oxygens (including phenoxy) is 1. The third-order valence-electron chi connectivity index (χ3n) is 5.02. The van der Waals surface area contributed by atoms with Crippen molar-refractivity contribution in [3.8, 4) is 5.75 Å². The Morgan fingerprint density at radius 2 is 1.80 bits per heavy atom. The van der Waals surface area contributed by atoms with Gasteiger partial charge in [-0.05, 0) is 55.9 Å². The predicted molar refractivity (Wildman–Crippen MR) is 117 cm³/mol. The van der Waals surface area contributed by atoms with Crippen LogP contribution in [0.1, 0.15) is 13.8 Å². The normalized spacial score (nSPS) is 16.8. The van der Waals surface area contributed by atoms with E-state index in [0.717, 1.165) is 19.6 Å². The molecule has 1 aliphatic rings. The van der Waals surface area contributed by atoms with Crippen LogP contribution < -0.4 is 10.1 Å². The lowest BCUT2D eigenvalue weighted by molar-refractivity contribution is -0.122. The van der Waals surface area contributed by atoms with Crippen LogP contribution >= 0.6 is 11.6 Å². The van der Waals surface area contributed by atoms with E-state index < -0.39 is 16.1 Å². The first kappa shape index (κ1) is 22.6. The van der Waals surface area contributed by atoms with Crippen molar-refractivity contribution in [2.24, 2.45) is 0 Å². The van der Waals surface area contributed by atoms with E-state index in [9.17, 15) is 13.2 Å². The molecule has 7 nitrogen and oxygen atoms in total. The molecule has 1 atom stereocenters. The van der Waals surface area contributed by atoms with Crippen LogP contribution in [-0.4, -0.2) is 62.4 Å². The van der Waals surface area contributed by atoms with Crippen molar-refractivity contribution < 1.29 is 17.9 Å². The van der Waals surface area contributed by atoms with Gasteiger partial charge in [0, 0.05) is 36.9 Å². The molecule has 9 heteroatoms. The number of anilines is 1.